The van der Waals surface area contributed by atoms with E-state index in [1.807, 2.05) is 37.3 Å². The summed E-state index contributed by atoms with van der Waals surface area (Å²) in [4.78, 5) is 4.39. The van der Waals surface area contributed by atoms with Crippen LogP contribution in [0.2, 0.25) is 0 Å². The minimum Gasteiger partial charge on any atom is -0.506 e. The van der Waals surface area contributed by atoms with Crippen molar-refractivity contribution in [1.29, 1.82) is 0 Å². The number of hydrogen-bond acceptors (Lipinski definition) is 4. The molecular formula is C22H17NO4S. The summed E-state index contributed by atoms with van der Waals surface area (Å²) in [6, 6.07) is 21.0. The second-order valence-electron chi connectivity index (χ2n) is 6.60. The SMILES string of the molecule is Cc1ccc(S(=O)(=O)O)c(-c2ccc3nc(-c4ccccc4)c(O)cc3c2)c1. The van der Waals surface area contributed by atoms with Crippen LogP contribution in [0.3, 0.4) is 0 Å². The van der Waals surface area contributed by atoms with Gasteiger partial charge in [0.05, 0.1) is 5.52 Å². The van der Waals surface area contributed by atoms with Crippen LogP contribution < -0.4 is 0 Å². The molecule has 0 radical (unpaired) electrons. The van der Waals surface area contributed by atoms with E-state index in [2.05, 4.69) is 4.98 Å². The summed E-state index contributed by atoms with van der Waals surface area (Å²) in [5, 5.41) is 11.1. The van der Waals surface area contributed by atoms with Crippen molar-refractivity contribution >= 4 is 21.0 Å². The third-order valence-corrected chi connectivity index (χ3v) is 5.48. The fourth-order valence-corrected chi connectivity index (χ4v) is 3.93. The number of hydrogen-bond donors (Lipinski definition) is 2. The molecule has 2 N–H and O–H groups in total. The summed E-state index contributed by atoms with van der Waals surface area (Å²) in [5.74, 6) is 0.0371. The highest BCUT2D eigenvalue weighted by molar-refractivity contribution is 7.86. The van der Waals surface area contributed by atoms with Gasteiger partial charge in [-0.25, -0.2) is 4.98 Å². The third kappa shape index (κ3) is 3.35. The van der Waals surface area contributed by atoms with Crippen molar-refractivity contribution in [2.75, 3.05) is 0 Å². The standard InChI is InChI=1S/C22H17NO4S/c1-14-7-10-21(28(25,26)27)18(11-14)16-8-9-19-17(12-16)13-20(24)22(23-19)15-5-3-2-4-6-15/h2-13,24H,1H3,(H,25,26,27). The minimum absolute atomic E-state index is 0.0371. The van der Waals surface area contributed by atoms with Gasteiger partial charge < -0.3 is 5.11 Å². The third-order valence-electron chi connectivity index (χ3n) is 4.57. The van der Waals surface area contributed by atoms with Gasteiger partial charge in [0.25, 0.3) is 10.1 Å². The molecule has 0 saturated heterocycles. The van der Waals surface area contributed by atoms with Crippen molar-refractivity contribution in [2.24, 2.45) is 0 Å². The average Bonchev–Trinajstić information content (AvgIpc) is 2.66. The molecule has 5 nitrogen and oxygen atoms in total. The predicted octanol–water partition coefficient (Wildman–Crippen LogP) is 4.83. The van der Waals surface area contributed by atoms with Gasteiger partial charge >= 0.3 is 0 Å². The lowest BCUT2D eigenvalue weighted by atomic mass is 10.0. The molecule has 0 bridgehead atoms. The monoisotopic (exact) mass is 391 g/mol. The minimum atomic E-state index is -4.37. The van der Waals surface area contributed by atoms with Crippen LogP contribution in [0.5, 0.6) is 5.75 Å². The maximum atomic E-state index is 11.8. The number of pyridine rings is 1. The highest BCUT2D eigenvalue weighted by atomic mass is 32.2. The zero-order valence-electron chi connectivity index (χ0n) is 15.0. The molecule has 0 amide bonds. The molecule has 0 fully saturated rings. The quantitative estimate of drug-likeness (QED) is 0.489. The number of rotatable bonds is 3. The summed E-state index contributed by atoms with van der Waals surface area (Å²) in [5.41, 5.74) is 3.83. The molecule has 1 aromatic heterocycles. The first-order chi connectivity index (χ1) is 13.3. The highest BCUT2D eigenvalue weighted by Crippen LogP contribution is 2.34. The van der Waals surface area contributed by atoms with Crippen LogP contribution in [0.25, 0.3) is 33.3 Å². The van der Waals surface area contributed by atoms with Gasteiger partial charge in [-0.1, -0.05) is 54.1 Å². The molecule has 140 valence electrons. The zero-order valence-corrected chi connectivity index (χ0v) is 15.8. The van der Waals surface area contributed by atoms with E-state index in [1.165, 1.54) is 6.07 Å². The van der Waals surface area contributed by atoms with Gasteiger partial charge in [-0.15, -0.1) is 0 Å². The summed E-state index contributed by atoms with van der Waals surface area (Å²) in [7, 11) is -4.37. The summed E-state index contributed by atoms with van der Waals surface area (Å²) in [6.45, 7) is 1.85. The van der Waals surface area contributed by atoms with Gasteiger partial charge in [-0.05, 0) is 36.8 Å². The van der Waals surface area contributed by atoms with E-state index in [-0.39, 0.29) is 10.6 Å². The van der Waals surface area contributed by atoms with E-state index >= 15 is 0 Å². The van der Waals surface area contributed by atoms with Crippen molar-refractivity contribution < 1.29 is 18.1 Å². The molecule has 28 heavy (non-hydrogen) atoms. The van der Waals surface area contributed by atoms with Crippen LogP contribution in [0, 0.1) is 6.92 Å². The molecule has 4 rings (SSSR count). The largest absolute Gasteiger partial charge is 0.506 e. The Morgan fingerprint density at radius 2 is 1.61 bits per heavy atom. The molecule has 0 aliphatic rings. The van der Waals surface area contributed by atoms with Crippen LogP contribution in [0.4, 0.5) is 0 Å². The van der Waals surface area contributed by atoms with E-state index in [1.54, 1.807) is 36.4 Å². The summed E-state index contributed by atoms with van der Waals surface area (Å²) in [6.07, 6.45) is 0. The normalized spacial score (nSPS) is 11.6. The Bertz CT molecular complexity index is 1300. The molecule has 1 heterocycles. The van der Waals surface area contributed by atoms with E-state index in [4.69, 9.17) is 0 Å². The lowest BCUT2D eigenvalue weighted by Crippen LogP contribution is -2.01. The molecule has 0 atom stereocenters. The average molecular weight is 391 g/mol. The van der Waals surface area contributed by atoms with Crippen molar-refractivity contribution in [3.63, 3.8) is 0 Å². The maximum absolute atomic E-state index is 11.8. The highest BCUT2D eigenvalue weighted by Gasteiger charge is 2.17. The molecule has 4 aromatic rings. The first-order valence-electron chi connectivity index (χ1n) is 8.60. The lowest BCUT2D eigenvalue weighted by Gasteiger charge is -2.11. The Balaban J connectivity index is 1.90. The molecule has 0 unspecified atom stereocenters. The Morgan fingerprint density at radius 1 is 0.857 bits per heavy atom. The number of aromatic nitrogens is 1. The van der Waals surface area contributed by atoms with Gasteiger partial charge in [-0.2, -0.15) is 8.42 Å². The second-order valence-corrected chi connectivity index (χ2v) is 7.99. The van der Waals surface area contributed by atoms with E-state index in [0.717, 1.165) is 11.1 Å². The fourth-order valence-electron chi connectivity index (χ4n) is 3.24. The van der Waals surface area contributed by atoms with Gasteiger partial charge in [0.1, 0.15) is 16.3 Å². The Hall–Kier alpha value is -3.22. The van der Waals surface area contributed by atoms with Crippen LogP contribution in [-0.2, 0) is 10.1 Å². The predicted molar refractivity (Wildman–Crippen MR) is 109 cm³/mol. The number of aryl methyl sites for hydroxylation is 1. The van der Waals surface area contributed by atoms with Crippen LogP contribution in [-0.4, -0.2) is 23.1 Å². The van der Waals surface area contributed by atoms with Crippen LogP contribution >= 0.6 is 0 Å². The first-order valence-corrected chi connectivity index (χ1v) is 10.0. The molecular weight excluding hydrogens is 374 g/mol. The van der Waals surface area contributed by atoms with Crippen LogP contribution in [0.15, 0.2) is 77.7 Å². The molecule has 6 heteroatoms. The topological polar surface area (TPSA) is 87.5 Å². The second kappa shape index (κ2) is 6.74. The lowest BCUT2D eigenvalue weighted by molar-refractivity contribution is 0.476. The maximum Gasteiger partial charge on any atom is 0.295 e. The van der Waals surface area contributed by atoms with Crippen molar-refractivity contribution in [2.45, 2.75) is 11.8 Å². The molecule has 0 saturated carbocycles. The van der Waals surface area contributed by atoms with E-state index < -0.39 is 10.1 Å². The van der Waals surface area contributed by atoms with E-state index in [0.29, 0.717) is 27.7 Å². The van der Waals surface area contributed by atoms with Crippen molar-refractivity contribution in [1.82, 2.24) is 4.98 Å². The Labute approximate surface area is 162 Å². The number of benzene rings is 3. The Morgan fingerprint density at radius 3 is 2.32 bits per heavy atom. The van der Waals surface area contributed by atoms with Crippen LogP contribution in [0.1, 0.15) is 5.56 Å². The molecule has 3 aromatic carbocycles. The number of aromatic hydroxyl groups is 1. The first kappa shape index (κ1) is 18.2. The Kier molecular flexibility index (Phi) is 4.37. The van der Waals surface area contributed by atoms with Gasteiger partial charge in [-0.3, -0.25) is 4.55 Å². The molecule has 0 spiro atoms. The number of nitrogens with zero attached hydrogens (tertiary/aromatic N) is 1. The van der Waals surface area contributed by atoms with Crippen molar-refractivity contribution in [3.05, 3.63) is 78.4 Å². The fraction of sp³-hybridized carbons (Fsp3) is 0.0455. The smallest absolute Gasteiger partial charge is 0.295 e. The molecule has 0 aliphatic carbocycles. The summed E-state index contributed by atoms with van der Waals surface area (Å²) < 4.78 is 33.1. The van der Waals surface area contributed by atoms with E-state index in [9.17, 15) is 18.1 Å². The van der Waals surface area contributed by atoms with Gasteiger partial charge in [0.15, 0.2) is 0 Å². The summed E-state index contributed by atoms with van der Waals surface area (Å²) >= 11 is 0. The number of fused-ring (bicyclic) bond motifs is 1. The van der Waals surface area contributed by atoms with Gasteiger partial charge in [0.2, 0.25) is 0 Å². The zero-order chi connectivity index (χ0) is 19.9. The van der Waals surface area contributed by atoms with Crippen molar-refractivity contribution in [3.8, 4) is 28.1 Å². The molecule has 0 aliphatic heterocycles. The van der Waals surface area contributed by atoms with Gasteiger partial charge in [0, 0.05) is 16.5 Å².